The third kappa shape index (κ3) is 7.80. The highest BCUT2D eigenvalue weighted by molar-refractivity contribution is 6.05. The molecule has 12 heteroatoms. The Morgan fingerprint density at radius 1 is 0.433 bits per heavy atom. The number of aromatic nitrogens is 4. The van der Waals surface area contributed by atoms with Crippen LogP contribution in [0.15, 0.2) is 121 Å². The van der Waals surface area contributed by atoms with Crippen LogP contribution in [0.2, 0.25) is 0 Å². The number of aliphatic hydroxyl groups excluding tert-OH is 4. The van der Waals surface area contributed by atoms with Crippen LogP contribution in [-0.4, -0.2) is 92.4 Å². The standard InChI is InChI=1S/C48H42N4O8/c53-13-17-57-40-23-38(24-41(29-40)58-18-14-54)51-34-8-10-36(51)27-46-45-12-5-31-3-1-2-4-44(31)48(45)47(50-46)28-37-11-9-35(22-33-7-6-32(21-34)49-33)52(37)39-25-42(59-19-15-55)30-43(26-39)60-20-16-56/h1-12,21-30,53-56H,13-20H2. The van der Waals surface area contributed by atoms with Crippen molar-refractivity contribution in [3.05, 3.63) is 133 Å². The van der Waals surface area contributed by atoms with Crippen molar-refractivity contribution in [3.8, 4) is 56.9 Å². The zero-order valence-electron chi connectivity index (χ0n) is 32.6. The van der Waals surface area contributed by atoms with E-state index in [9.17, 15) is 20.4 Å². The molecule has 2 aliphatic heterocycles. The van der Waals surface area contributed by atoms with E-state index in [1.807, 2.05) is 84.9 Å². The molecule has 0 amide bonds. The van der Waals surface area contributed by atoms with Crippen LogP contribution < -0.4 is 18.9 Å². The van der Waals surface area contributed by atoms with Gasteiger partial charge in [0.1, 0.15) is 49.4 Å². The Balaban J connectivity index is 1.35. The molecule has 5 heterocycles. The lowest BCUT2D eigenvalue weighted by Gasteiger charge is -2.14. The summed E-state index contributed by atoms with van der Waals surface area (Å²) in [5.74, 6) is 2.02. The number of hydrogen-bond acceptors (Lipinski definition) is 10. The Labute approximate surface area is 345 Å². The van der Waals surface area contributed by atoms with E-state index < -0.39 is 0 Å². The van der Waals surface area contributed by atoms with Gasteiger partial charge in [-0.3, -0.25) is 0 Å². The maximum atomic E-state index is 9.57. The van der Waals surface area contributed by atoms with E-state index >= 15 is 0 Å². The molecule has 8 bridgehead atoms. The van der Waals surface area contributed by atoms with Crippen LogP contribution in [0.25, 0.3) is 78.9 Å². The summed E-state index contributed by atoms with van der Waals surface area (Å²) in [5.41, 5.74) is 9.79. The summed E-state index contributed by atoms with van der Waals surface area (Å²) < 4.78 is 27.8. The maximum Gasteiger partial charge on any atom is 0.125 e. The second kappa shape index (κ2) is 17.1. The molecule has 4 N–H and O–H groups in total. The number of benzene rings is 4. The van der Waals surface area contributed by atoms with Crippen molar-refractivity contribution < 1.29 is 39.4 Å². The lowest BCUT2D eigenvalue weighted by molar-refractivity contribution is 0.194. The minimum atomic E-state index is -0.152. The van der Waals surface area contributed by atoms with Crippen molar-refractivity contribution in [1.29, 1.82) is 0 Å². The predicted molar refractivity (Wildman–Crippen MR) is 232 cm³/mol. The minimum Gasteiger partial charge on any atom is -0.491 e. The summed E-state index contributed by atoms with van der Waals surface area (Å²) in [4.78, 5) is 10.4. The number of nitrogens with zero attached hydrogens (tertiary/aromatic N) is 4. The van der Waals surface area contributed by atoms with Crippen LogP contribution in [0.1, 0.15) is 11.4 Å². The van der Waals surface area contributed by atoms with Gasteiger partial charge in [-0.05, 0) is 71.5 Å². The lowest BCUT2D eigenvalue weighted by Crippen LogP contribution is -2.05. The van der Waals surface area contributed by atoms with Crippen LogP contribution in [0.3, 0.4) is 0 Å². The van der Waals surface area contributed by atoms with E-state index in [4.69, 9.17) is 28.9 Å². The summed E-state index contributed by atoms with van der Waals surface area (Å²) in [6.07, 6.45) is 3.94. The monoisotopic (exact) mass is 802 g/mol. The molecule has 2 aliphatic rings. The fourth-order valence-electron chi connectivity index (χ4n) is 7.70. The Morgan fingerprint density at radius 3 is 1.37 bits per heavy atom. The van der Waals surface area contributed by atoms with Gasteiger partial charge in [-0.1, -0.05) is 36.4 Å². The van der Waals surface area contributed by atoms with Gasteiger partial charge in [0, 0.05) is 69.6 Å². The highest BCUT2D eigenvalue weighted by Crippen LogP contribution is 2.42. The first-order chi connectivity index (χ1) is 29.5. The summed E-state index contributed by atoms with van der Waals surface area (Å²) in [6, 6.07) is 39.9. The van der Waals surface area contributed by atoms with Gasteiger partial charge in [-0.15, -0.1) is 0 Å². The van der Waals surface area contributed by atoms with Gasteiger partial charge in [-0.25, -0.2) is 9.97 Å². The van der Waals surface area contributed by atoms with Crippen LogP contribution in [-0.2, 0) is 0 Å². The van der Waals surface area contributed by atoms with Crippen molar-refractivity contribution in [1.82, 2.24) is 19.1 Å². The van der Waals surface area contributed by atoms with Crippen molar-refractivity contribution >= 4 is 45.0 Å². The van der Waals surface area contributed by atoms with Gasteiger partial charge in [0.15, 0.2) is 0 Å². The van der Waals surface area contributed by atoms with Crippen molar-refractivity contribution in [3.63, 3.8) is 0 Å². The average molecular weight is 803 g/mol. The molecule has 4 aromatic carbocycles. The van der Waals surface area contributed by atoms with Gasteiger partial charge in [0.2, 0.25) is 0 Å². The van der Waals surface area contributed by atoms with Crippen LogP contribution in [0.4, 0.5) is 0 Å². The van der Waals surface area contributed by atoms with E-state index in [1.54, 1.807) is 12.1 Å². The number of hydrogen-bond donors (Lipinski definition) is 4. The minimum absolute atomic E-state index is 0.102. The molecule has 0 spiro atoms. The number of ether oxygens (including phenoxy) is 4. The molecule has 60 heavy (non-hydrogen) atoms. The molecular weight excluding hydrogens is 761 g/mol. The SMILES string of the molecule is OCCOc1cc(OCCO)cc(-n2c3ccc2cc2nc(cc4ccc(cc5nc(c3)C=C5)n4-c3cc(OCCO)cc(OCCO)c3)-c3c-2ccc2ccccc32)c1. The summed E-state index contributed by atoms with van der Waals surface area (Å²) >= 11 is 0. The first-order valence-corrected chi connectivity index (χ1v) is 19.7. The first-order valence-electron chi connectivity index (χ1n) is 19.7. The molecule has 9 rings (SSSR count). The lowest BCUT2D eigenvalue weighted by atomic mass is 9.97. The van der Waals surface area contributed by atoms with Crippen LogP contribution in [0, 0.1) is 0 Å². The van der Waals surface area contributed by atoms with Gasteiger partial charge in [0.25, 0.3) is 0 Å². The predicted octanol–water partition coefficient (Wildman–Crippen LogP) is 7.38. The summed E-state index contributed by atoms with van der Waals surface area (Å²) in [5, 5.41) is 40.4. The highest BCUT2D eigenvalue weighted by Gasteiger charge is 2.21. The molecular formula is C48H42N4O8. The molecule has 3 aromatic heterocycles. The highest BCUT2D eigenvalue weighted by atomic mass is 16.5. The fourth-order valence-corrected chi connectivity index (χ4v) is 7.70. The number of aliphatic hydroxyl groups is 4. The van der Waals surface area contributed by atoms with Gasteiger partial charge >= 0.3 is 0 Å². The largest absolute Gasteiger partial charge is 0.491 e. The van der Waals surface area contributed by atoms with E-state index in [-0.39, 0.29) is 52.9 Å². The normalized spacial score (nSPS) is 11.8. The van der Waals surface area contributed by atoms with E-state index in [1.165, 1.54) is 0 Å². The van der Waals surface area contributed by atoms with Crippen LogP contribution in [0.5, 0.6) is 23.0 Å². The quantitative estimate of drug-likeness (QED) is 0.0876. The van der Waals surface area contributed by atoms with Gasteiger partial charge in [-0.2, -0.15) is 0 Å². The molecule has 0 unspecified atom stereocenters. The summed E-state index contributed by atoms with van der Waals surface area (Å²) in [6.45, 7) is -0.197. The molecule has 0 saturated heterocycles. The molecule has 0 atom stereocenters. The third-order valence-electron chi connectivity index (χ3n) is 10.1. The van der Waals surface area contributed by atoms with Crippen molar-refractivity contribution in [2.24, 2.45) is 0 Å². The van der Waals surface area contributed by atoms with E-state index in [2.05, 4.69) is 45.5 Å². The average Bonchev–Trinajstić information content (AvgIpc) is 4.07. The first kappa shape index (κ1) is 38.6. The van der Waals surface area contributed by atoms with Crippen LogP contribution >= 0.6 is 0 Å². The Hall–Kier alpha value is -6.96. The Bertz CT molecular complexity index is 2860. The topological polar surface area (TPSA) is 153 Å². The van der Waals surface area contributed by atoms with Crippen molar-refractivity contribution in [2.45, 2.75) is 0 Å². The summed E-state index contributed by atoms with van der Waals surface area (Å²) in [7, 11) is 0. The molecule has 12 nitrogen and oxygen atoms in total. The number of rotatable bonds is 14. The molecule has 0 radical (unpaired) electrons. The van der Waals surface area contributed by atoms with Gasteiger partial charge < -0.3 is 48.5 Å². The molecule has 302 valence electrons. The Morgan fingerprint density at radius 2 is 0.883 bits per heavy atom. The van der Waals surface area contributed by atoms with Gasteiger partial charge in [0.05, 0.1) is 60.6 Å². The molecule has 0 saturated carbocycles. The van der Waals surface area contributed by atoms with Crippen molar-refractivity contribution in [2.75, 3.05) is 52.9 Å². The zero-order chi connectivity index (χ0) is 41.0. The maximum absolute atomic E-state index is 9.57. The fraction of sp³-hybridized carbons (Fsp3) is 0.167. The molecule has 7 aromatic rings. The van der Waals surface area contributed by atoms with E-state index in [0.717, 1.165) is 78.1 Å². The Kier molecular flexibility index (Phi) is 11.0. The third-order valence-corrected chi connectivity index (χ3v) is 10.1. The number of fused-ring (bicyclic) bond motifs is 13. The molecule has 0 aliphatic carbocycles. The second-order valence-electron chi connectivity index (χ2n) is 14.1. The zero-order valence-corrected chi connectivity index (χ0v) is 32.6. The van der Waals surface area contributed by atoms with E-state index in [0.29, 0.717) is 23.0 Å². The molecule has 0 fully saturated rings. The second-order valence-corrected chi connectivity index (χ2v) is 14.1. The smallest absolute Gasteiger partial charge is 0.125 e.